The Hall–Kier alpha value is -3.35. The molecule has 2 fully saturated rings. The molecule has 0 atom stereocenters. The minimum Gasteiger partial charge on any atom is -0.480 e. The van der Waals surface area contributed by atoms with Crippen LogP contribution in [0.15, 0.2) is 48.5 Å². The Kier molecular flexibility index (Phi) is 5.56. The van der Waals surface area contributed by atoms with Gasteiger partial charge in [0.25, 0.3) is 0 Å². The third-order valence-corrected chi connectivity index (χ3v) is 7.09. The number of nitrogens with zero attached hydrogens (tertiary/aromatic N) is 1. The topological polar surface area (TPSA) is 95.9 Å². The number of carbonyl (C=O) groups is 3. The fourth-order valence-electron chi connectivity index (χ4n) is 5.05. The monoisotopic (exact) mass is 448 g/mol. The summed E-state index contributed by atoms with van der Waals surface area (Å²) in [7, 11) is 0. The van der Waals surface area contributed by atoms with Gasteiger partial charge in [0.2, 0.25) is 5.91 Å². The molecule has 172 valence electrons. The SMILES string of the molecule is O=C(O)CN(CC1CC1)C(=O)C1(NC(=O)OCC2c3ccccc3-c3ccccc32)CCC1. The van der Waals surface area contributed by atoms with Crippen LogP contribution in [-0.4, -0.2) is 53.2 Å². The van der Waals surface area contributed by atoms with E-state index in [9.17, 15) is 19.5 Å². The maximum absolute atomic E-state index is 13.3. The minimum absolute atomic E-state index is 0.0606. The fraction of sp³-hybridized carbons (Fsp3) is 0.423. The molecule has 0 radical (unpaired) electrons. The molecule has 0 spiro atoms. The molecule has 7 nitrogen and oxygen atoms in total. The van der Waals surface area contributed by atoms with E-state index in [2.05, 4.69) is 29.6 Å². The number of aliphatic carboxylic acids is 1. The highest BCUT2D eigenvalue weighted by Gasteiger charge is 2.49. The average Bonchev–Trinajstić information content (AvgIpc) is 3.54. The summed E-state index contributed by atoms with van der Waals surface area (Å²) in [6, 6.07) is 16.2. The van der Waals surface area contributed by atoms with Gasteiger partial charge in [0.1, 0.15) is 18.7 Å². The Labute approximate surface area is 192 Å². The molecule has 3 aliphatic carbocycles. The minimum atomic E-state index is -1.06. The Balaban J connectivity index is 1.26. The summed E-state index contributed by atoms with van der Waals surface area (Å²) >= 11 is 0. The molecule has 5 rings (SSSR count). The summed E-state index contributed by atoms with van der Waals surface area (Å²) in [4.78, 5) is 38.8. The van der Waals surface area contributed by atoms with E-state index in [1.807, 2.05) is 24.3 Å². The predicted molar refractivity (Wildman–Crippen MR) is 122 cm³/mol. The van der Waals surface area contributed by atoms with E-state index in [1.165, 1.54) is 4.90 Å². The zero-order valence-corrected chi connectivity index (χ0v) is 18.5. The maximum Gasteiger partial charge on any atom is 0.408 e. The Bertz CT molecular complexity index is 1040. The van der Waals surface area contributed by atoms with Gasteiger partial charge in [-0.05, 0) is 60.3 Å². The van der Waals surface area contributed by atoms with Crippen LogP contribution in [0.2, 0.25) is 0 Å². The van der Waals surface area contributed by atoms with Crippen molar-refractivity contribution in [2.75, 3.05) is 19.7 Å². The zero-order chi connectivity index (χ0) is 23.0. The van der Waals surface area contributed by atoms with Gasteiger partial charge in [0, 0.05) is 12.5 Å². The molecule has 33 heavy (non-hydrogen) atoms. The molecule has 3 aliphatic rings. The number of rotatable bonds is 8. The van der Waals surface area contributed by atoms with Crippen LogP contribution in [0.25, 0.3) is 11.1 Å². The van der Waals surface area contributed by atoms with Crippen LogP contribution in [0.4, 0.5) is 4.79 Å². The van der Waals surface area contributed by atoms with E-state index in [-0.39, 0.29) is 25.0 Å². The third-order valence-electron chi connectivity index (χ3n) is 7.09. The van der Waals surface area contributed by atoms with Crippen LogP contribution in [0.5, 0.6) is 0 Å². The number of carboxylic acids is 1. The largest absolute Gasteiger partial charge is 0.480 e. The van der Waals surface area contributed by atoms with Crippen molar-refractivity contribution in [1.29, 1.82) is 0 Å². The third kappa shape index (κ3) is 4.19. The maximum atomic E-state index is 13.3. The number of benzene rings is 2. The lowest BCUT2D eigenvalue weighted by Crippen LogP contribution is -2.64. The first-order valence-corrected chi connectivity index (χ1v) is 11.6. The highest BCUT2D eigenvalue weighted by molar-refractivity contribution is 5.92. The van der Waals surface area contributed by atoms with Crippen LogP contribution >= 0.6 is 0 Å². The second-order valence-electron chi connectivity index (χ2n) is 9.41. The summed E-state index contributed by atoms with van der Waals surface area (Å²) in [5.74, 6) is -1.05. The molecule has 2 saturated carbocycles. The Morgan fingerprint density at radius 2 is 1.61 bits per heavy atom. The molecule has 0 saturated heterocycles. The van der Waals surface area contributed by atoms with Crippen molar-refractivity contribution in [1.82, 2.24) is 10.2 Å². The number of hydrogen-bond acceptors (Lipinski definition) is 4. The summed E-state index contributed by atoms with van der Waals surface area (Å²) in [6.07, 6.45) is 3.19. The lowest BCUT2D eigenvalue weighted by Gasteiger charge is -2.43. The van der Waals surface area contributed by atoms with Gasteiger partial charge in [-0.2, -0.15) is 0 Å². The normalized spacial score (nSPS) is 17.9. The van der Waals surface area contributed by atoms with Gasteiger partial charge in [-0.3, -0.25) is 9.59 Å². The number of carboxylic acid groups (broad SMARTS) is 1. The molecule has 2 amide bonds. The first-order valence-electron chi connectivity index (χ1n) is 11.6. The number of fused-ring (bicyclic) bond motifs is 3. The summed E-state index contributed by atoms with van der Waals surface area (Å²) in [5.41, 5.74) is 3.48. The smallest absolute Gasteiger partial charge is 0.408 e. The Morgan fingerprint density at radius 3 is 2.12 bits per heavy atom. The van der Waals surface area contributed by atoms with Gasteiger partial charge in [-0.1, -0.05) is 48.5 Å². The molecule has 0 unspecified atom stereocenters. The van der Waals surface area contributed by atoms with E-state index >= 15 is 0 Å². The summed E-state index contributed by atoms with van der Waals surface area (Å²) in [5, 5.41) is 12.1. The van der Waals surface area contributed by atoms with Crippen LogP contribution < -0.4 is 5.32 Å². The second-order valence-corrected chi connectivity index (χ2v) is 9.41. The lowest BCUT2D eigenvalue weighted by atomic mass is 9.75. The van der Waals surface area contributed by atoms with E-state index in [0.717, 1.165) is 41.5 Å². The van der Waals surface area contributed by atoms with E-state index in [1.54, 1.807) is 0 Å². The number of ether oxygens (including phenoxy) is 1. The van der Waals surface area contributed by atoms with Crippen LogP contribution in [0, 0.1) is 5.92 Å². The summed E-state index contributed by atoms with van der Waals surface area (Å²) in [6.45, 7) is 0.258. The standard InChI is InChI=1S/C26H28N2O5/c29-23(30)15-28(14-17-10-11-17)24(31)26(12-5-13-26)27-25(32)33-16-22-20-8-3-1-6-18(20)19-7-2-4-9-21(19)22/h1-4,6-9,17,22H,5,10-16H2,(H,27,32)(H,29,30). The Morgan fingerprint density at radius 1 is 1.00 bits per heavy atom. The number of hydrogen-bond donors (Lipinski definition) is 2. The van der Waals surface area contributed by atoms with Crippen LogP contribution in [0.1, 0.15) is 49.1 Å². The molecule has 2 aromatic rings. The van der Waals surface area contributed by atoms with Crippen molar-refractivity contribution < 1.29 is 24.2 Å². The van der Waals surface area contributed by atoms with Gasteiger partial charge >= 0.3 is 12.1 Å². The molecule has 7 heteroatoms. The van der Waals surface area contributed by atoms with Gasteiger partial charge in [0.15, 0.2) is 0 Å². The van der Waals surface area contributed by atoms with Crippen LogP contribution in [0.3, 0.4) is 0 Å². The van der Waals surface area contributed by atoms with Crippen molar-refractivity contribution in [3.05, 3.63) is 59.7 Å². The summed E-state index contributed by atoms with van der Waals surface area (Å²) < 4.78 is 5.64. The average molecular weight is 449 g/mol. The van der Waals surface area contributed by atoms with Gasteiger partial charge in [0.05, 0.1) is 0 Å². The molecule has 0 aromatic heterocycles. The molecule has 2 N–H and O–H groups in total. The van der Waals surface area contributed by atoms with Crippen molar-refractivity contribution in [3.8, 4) is 11.1 Å². The number of amides is 2. The molecular weight excluding hydrogens is 420 g/mol. The van der Waals surface area contributed by atoms with Gasteiger partial charge in [-0.15, -0.1) is 0 Å². The molecule has 0 aliphatic heterocycles. The van der Waals surface area contributed by atoms with Crippen molar-refractivity contribution in [2.24, 2.45) is 5.92 Å². The number of alkyl carbamates (subject to hydrolysis) is 1. The highest BCUT2D eigenvalue weighted by atomic mass is 16.5. The van der Waals surface area contributed by atoms with E-state index in [4.69, 9.17) is 4.74 Å². The fourth-order valence-corrected chi connectivity index (χ4v) is 5.05. The quantitative estimate of drug-likeness (QED) is 0.641. The van der Waals surface area contributed by atoms with Crippen molar-refractivity contribution >= 4 is 18.0 Å². The van der Waals surface area contributed by atoms with Gasteiger partial charge in [-0.25, -0.2) is 4.79 Å². The number of nitrogens with one attached hydrogen (secondary N) is 1. The first kappa shape index (κ1) is 21.5. The molecular formula is C26H28N2O5. The van der Waals surface area contributed by atoms with Crippen molar-refractivity contribution in [2.45, 2.75) is 43.6 Å². The van der Waals surface area contributed by atoms with E-state index in [0.29, 0.717) is 25.3 Å². The van der Waals surface area contributed by atoms with E-state index < -0.39 is 17.6 Å². The molecule has 0 bridgehead atoms. The van der Waals surface area contributed by atoms with Gasteiger partial charge < -0.3 is 20.1 Å². The molecule has 2 aromatic carbocycles. The molecule has 0 heterocycles. The highest BCUT2D eigenvalue weighted by Crippen LogP contribution is 2.44. The second kappa shape index (κ2) is 8.54. The predicted octanol–water partition coefficient (Wildman–Crippen LogP) is 3.77. The van der Waals surface area contributed by atoms with Crippen LogP contribution in [-0.2, 0) is 14.3 Å². The zero-order valence-electron chi connectivity index (χ0n) is 18.5. The van der Waals surface area contributed by atoms with Crippen molar-refractivity contribution in [3.63, 3.8) is 0 Å². The lowest BCUT2D eigenvalue weighted by molar-refractivity contribution is -0.150. The number of carbonyl (C=O) groups excluding carboxylic acids is 2. The first-order chi connectivity index (χ1) is 16.0.